The Morgan fingerprint density at radius 2 is 1.93 bits per heavy atom. The molecular weight excluding hydrogens is 364 g/mol. The Bertz CT molecular complexity index is 1040. The third-order valence-corrected chi connectivity index (χ3v) is 4.68. The third-order valence-electron chi connectivity index (χ3n) is 4.68. The Kier molecular flexibility index (Phi) is 5.24. The molecule has 1 aromatic carbocycles. The molecule has 0 N–H and O–H groups in total. The van der Waals surface area contributed by atoms with E-state index in [0.29, 0.717) is 19.0 Å². The number of ether oxygens (including phenoxy) is 2. The lowest BCUT2D eigenvalue weighted by Crippen LogP contribution is -2.40. The number of rotatable bonds is 6. The Morgan fingerprint density at radius 1 is 1.10 bits per heavy atom. The number of pyridine rings is 1. The number of hydrogen-bond donors (Lipinski definition) is 0. The summed E-state index contributed by atoms with van der Waals surface area (Å²) in [7, 11) is 1.97. The summed E-state index contributed by atoms with van der Waals surface area (Å²) in [5, 5.41) is 0. The van der Waals surface area contributed by atoms with Crippen molar-refractivity contribution in [1.82, 2.24) is 15.0 Å². The van der Waals surface area contributed by atoms with Crippen LogP contribution in [0.3, 0.4) is 0 Å². The Balaban J connectivity index is 1.64. The fourth-order valence-electron chi connectivity index (χ4n) is 3.29. The molecule has 0 saturated carbocycles. The molecular formula is C23H22N4O2. The summed E-state index contributed by atoms with van der Waals surface area (Å²) in [6, 6.07) is 11.5. The van der Waals surface area contributed by atoms with Crippen LogP contribution in [0.5, 0.6) is 11.5 Å². The van der Waals surface area contributed by atoms with Crippen LogP contribution in [0, 0.1) is 0 Å². The maximum Gasteiger partial charge on any atom is 0.163 e. The number of anilines is 1. The number of nitrogens with zero attached hydrogens (tertiary/aromatic N) is 4. The normalized spacial score (nSPS) is 14.9. The topological polar surface area (TPSA) is 60.4 Å². The van der Waals surface area contributed by atoms with Crippen LogP contribution in [-0.2, 0) is 0 Å². The first-order valence-corrected chi connectivity index (χ1v) is 9.36. The minimum absolute atomic E-state index is 0.128. The smallest absolute Gasteiger partial charge is 0.163 e. The predicted molar refractivity (Wildman–Crippen MR) is 115 cm³/mol. The largest absolute Gasteiger partial charge is 0.486 e. The highest BCUT2D eigenvalue weighted by molar-refractivity contribution is 5.73. The lowest BCUT2D eigenvalue weighted by atomic mass is 10.1. The zero-order valence-corrected chi connectivity index (χ0v) is 16.3. The zero-order valence-electron chi connectivity index (χ0n) is 16.3. The lowest BCUT2D eigenvalue weighted by Gasteiger charge is -2.30. The van der Waals surface area contributed by atoms with Gasteiger partial charge in [-0.1, -0.05) is 31.4 Å². The van der Waals surface area contributed by atoms with Gasteiger partial charge in [0.05, 0.1) is 12.2 Å². The molecule has 1 unspecified atom stereocenters. The molecule has 0 amide bonds. The van der Waals surface area contributed by atoms with Crippen molar-refractivity contribution in [2.24, 2.45) is 0 Å². The van der Waals surface area contributed by atoms with Gasteiger partial charge in [-0.15, -0.1) is 0 Å². The average Bonchev–Trinajstić information content (AvgIpc) is 2.78. The van der Waals surface area contributed by atoms with E-state index in [4.69, 9.17) is 14.5 Å². The van der Waals surface area contributed by atoms with Crippen LogP contribution >= 0.6 is 0 Å². The van der Waals surface area contributed by atoms with Gasteiger partial charge >= 0.3 is 0 Å². The molecule has 0 aliphatic carbocycles. The molecule has 29 heavy (non-hydrogen) atoms. The first-order chi connectivity index (χ1) is 14.2. The Hall–Kier alpha value is -3.67. The summed E-state index contributed by atoms with van der Waals surface area (Å²) in [6.07, 6.45) is 6.81. The number of hydrogen-bond acceptors (Lipinski definition) is 6. The minimum Gasteiger partial charge on any atom is -0.486 e. The van der Waals surface area contributed by atoms with Crippen molar-refractivity contribution in [1.29, 1.82) is 0 Å². The lowest BCUT2D eigenvalue weighted by molar-refractivity contribution is 0.0959. The summed E-state index contributed by atoms with van der Waals surface area (Å²) in [4.78, 5) is 15.6. The zero-order chi connectivity index (χ0) is 20.2. The molecule has 1 aliphatic heterocycles. The van der Waals surface area contributed by atoms with E-state index in [0.717, 1.165) is 34.1 Å². The SMILES string of the molecule is C=Cc1nc(-c2cccnc2)nc(N(C)CC2COc3ccccc3O2)c1C=C. The molecule has 0 spiro atoms. The van der Waals surface area contributed by atoms with Crippen LogP contribution in [0.15, 0.2) is 61.9 Å². The molecule has 2 aromatic heterocycles. The second-order valence-corrected chi connectivity index (χ2v) is 6.70. The van der Waals surface area contributed by atoms with Gasteiger partial charge in [-0.05, 0) is 30.3 Å². The molecule has 0 fully saturated rings. The Morgan fingerprint density at radius 3 is 2.66 bits per heavy atom. The van der Waals surface area contributed by atoms with Crippen LogP contribution in [0.2, 0.25) is 0 Å². The highest BCUT2D eigenvalue weighted by Gasteiger charge is 2.24. The first kappa shape index (κ1) is 18.7. The van der Waals surface area contributed by atoms with E-state index in [1.54, 1.807) is 24.5 Å². The highest BCUT2D eigenvalue weighted by Crippen LogP contribution is 2.32. The van der Waals surface area contributed by atoms with Gasteiger partial charge in [0.1, 0.15) is 12.4 Å². The second-order valence-electron chi connectivity index (χ2n) is 6.70. The molecule has 0 radical (unpaired) electrons. The molecule has 3 aromatic rings. The van der Waals surface area contributed by atoms with E-state index < -0.39 is 0 Å². The number of benzene rings is 1. The molecule has 6 heteroatoms. The van der Waals surface area contributed by atoms with E-state index in [-0.39, 0.29) is 6.10 Å². The fourth-order valence-corrected chi connectivity index (χ4v) is 3.29. The fraction of sp³-hybridized carbons (Fsp3) is 0.174. The van der Waals surface area contributed by atoms with Crippen molar-refractivity contribution in [3.8, 4) is 22.9 Å². The maximum atomic E-state index is 6.10. The molecule has 146 valence electrons. The van der Waals surface area contributed by atoms with Crippen molar-refractivity contribution in [2.45, 2.75) is 6.10 Å². The van der Waals surface area contributed by atoms with E-state index in [2.05, 4.69) is 23.1 Å². The Labute approximate surface area is 170 Å². The number of likely N-dealkylation sites (N-methyl/N-ethyl adjacent to an activating group) is 1. The number of para-hydroxylation sites is 2. The van der Waals surface area contributed by atoms with Crippen LogP contribution < -0.4 is 14.4 Å². The molecule has 1 aliphatic rings. The number of aromatic nitrogens is 3. The maximum absolute atomic E-state index is 6.10. The highest BCUT2D eigenvalue weighted by atomic mass is 16.6. The van der Waals surface area contributed by atoms with E-state index in [1.807, 2.05) is 48.3 Å². The van der Waals surface area contributed by atoms with Gasteiger partial charge < -0.3 is 14.4 Å². The molecule has 1 atom stereocenters. The molecule has 4 rings (SSSR count). The molecule has 0 saturated heterocycles. The first-order valence-electron chi connectivity index (χ1n) is 9.36. The minimum atomic E-state index is -0.128. The van der Waals surface area contributed by atoms with Crippen molar-refractivity contribution in [2.75, 3.05) is 25.1 Å². The van der Waals surface area contributed by atoms with Gasteiger partial charge in [-0.25, -0.2) is 9.97 Å². The third kappa shape index (κ3) is 3.82. The van der Waals surface area contributed by atoms with Crippen LogP contribution in [0.4, 0.5) is 5.82 Å². The quantitative estimate of drug-likeness (QED) is 0.636. The van der Waals surface area contributed by atoms with Crippen molar-refractivity contribution in [3.63, 3.8) is 0 Å². The van der Waals surface area contributed by atoms with E-state index in [9.17, 15) is 0 Å². The summed E-state index contributed by atoms with van der Waals surface area (Å²) >= 11 is 0. The van der Waals surface area contributed by atoms with Crippen LogP contribution in [0.1, 0.15) is 11.3 Å². The van der Waals surface area contributed by atoms with Gasteiger partial charge in [0.25, 0.3) is 0 Å². The number of fused-ring (bicyclic) bond motifs is 1. The van der Waals surface area contributed by atoms with Crippen LogP contribution in [-0.4, -0.2) is 41.3 Å². The molecule has 6 nitrogen and oxygen atoms in total. The van der Waals surface area contributed by atoms with Crippen LogP contribution in [0.25, 0.3) is 23.5 Å². The van der Waals surface area contributed by atoms with Gasteiger partial charge in [-0.2, -0.15) is 0 Å². The molecule has 0 bridgehead atoms. The standard InChI is InChI=1S/C23H22N4O2/c1-4-18-19(5-2)25-22(16-9-8-12-24-13-16)26-23(18)27(3)14-17-15-28-20-10-6-7-11-21(20)29-17/h4-13,17H,1-2,14-15H2,3H3. The average molecular weight is 386 g/mol. The van der Waals surface area contributed by atoms with Gasteiger partial charge in [0, 0.05) is 30.6 Å². The summed E-state index contributed by atoms with van der Waals surface area (Å²) in [6.45, 7) is 8.90. The van der Waals surface area contributed by atoms with E-state index in [1.165, 1.54) is 0 Å². The van der Waals surface area contributed by atoms with Crippen molar-refractivity contribution in [3.05, 3.63) is 73.2 Å². The molecule has 3 heterocycles. The monoisotopic (exact) mass is 386 g/mol. The van der Waals surface area contributed by atoms with Crippen molar-refractivity contribution < 1.29 is 9.47 Å². The predicted octanol–water partition coefficient (Wildman–Crippen LogP) is 4.10. The summed E-state index contributed by atoms with van der Waals surface area (Å²) < 4.78 is 11.9. The van der Waals surface area contributed by atoms with Gasteiger partial charge in [-0.3, -0.25) is 4.98 Å². The van der Waals surface area contributed by atoms with Crippen molar-refractivity contribution >= 4 is 18.0 Å². The second kappa shape index (κ2) is 8.14. The summed E-state index contributed by atoms with van der Waals surface area (Å²) in [5.41, 5.74) is 2.39. The van der Waals surface area contributed by atoms with Gasteiger partial charge in [0.15, 0.2) is 23.4 Å². The van der Waals surface area contributed by atoms with Gasteiger partial charge in [0.2, 0.25) is 0 Å². The summed E-state index contributed by atoms with van der Waals surface area (Å²) in [5.74, 6) is 2.87. The van der Waals surface area contributed by atoms with E-state index >= 15 is 0 Å².